The van der Waals surface area contributed by atoms with Crippen LogP contribution in [0.4, 0.5) is 0 Å². The van der Waals surface area contributed by atoms with Crippen molar-refractivity contribution in [1.82, 2.24) is 9.97 Å². The number of benzene rings is 1. The number of fused-ring (bicyclic) bond motifs is 1. The fraction of sp³-hybridized carbons (Fsp3) is 0.167. The van der Waals surface area contributed by atoms with Gasteiger partial charge in [-0.3, -0.25) is 0 Å². The molecule has 0 aliphatic carbocycles. The Kier molecular flexibility index (Phi) is 2.93. The SMILES string of the molecule is Cc1nc2ccc(-c3nc(CN)c(Br)s3)cc2o1. The lowest BCUT2D eigenvalue weighted by molar-refractivity contribution is 0.561. The van der Waals surface area contributed by atoms with Crippen LogP contribution >= 0.6 is 27.3 Å². The first-order valence-electron chi connectivity index (χ1n) is 5.40. The Morgan fingerprint density at radius 2 is 2.22 bits per heavy atom. The van der Waals surface area contributed by atoms with Crippen LogP contribution in [0.5, 0.6) is 0 Å². The summed E-state index contributed by atoms with van der Waals surface area (Å²) in [6.07, 6.45) is 0. The van der Waals surface area contributed by atoms with Crippen molar-refractivity contribution < 1.29 is 4.42 Å². The van der Waals surface area contributed by atoms with Crippen molar-refractivity contribution in [3.8, 4) is 10.6 Å². The van der Waals surface area contributed by atoms with Crippen LogP contribution in [0.3, 0.4) is 0 Å². The van der Waals surface area contributed by atoms with Crippen molar-refractivity contribution in [1.29, 1.82) is 0 Å². The Morgan fingerprint density at radius 1 is 1.39 bits per heavy atom. The number of oxazole rings is 1. The number of rotatable bonds is 2. The van der Waals surface area contributed by atoms with Crippen molar-refractivity contribution in [3.05, 3.63) is 33.6 Å². The molecule has 92 valence electrons. The van der Waals surface area contributed by atoms with Crippen LogP contribution in [0, 0.1) is 6.92 Å². The molecular weight excluding hydrogens is 314 g/mol. The maximum Gasteiger partial charge on any atom is 0.192 e. The number of thiazole rings is 1. The van der Waals surface area contributed by atoms with Gasteiger partial charge in [0.2, 0.25) is 0 Å². The molecule has 0 unspecified atom stereocenters. The van der Waals surface area contributed by atoms with Gasteiger partial charge in [-0.25, -0.2) is 9.97 Å². The van der Waals surface area contributed by atoms with Crippen molar-refractivity contribution >= 4 is 38.4 Å². The highest BCUT2D eigenvalue weighted by Crippen LogP contribution is 2.33. The van der Waals surface area contributed by atoms with Crippen molar-refractivity contribution in [3.63, 3.8) is 0 Å². The first-order chi connectivity index (χ1) is 8.67. The maximum atomic E-state index is 5.62. The number of aryl methyl sites for hydroxylation is 1. The van der Waals surface area contributed by atoms with Crippen LogP contribution < -0.4 is 5.73 Å². The summed E-state index contributed by atoms with van der Waals surface area (Å²) in [5, 5.41) is 0.929. The van der Waals surface area contributed by atoms with Crippen molar-refractivity contribution in [2.24, 2.45) is 5.73 Å². The van der Waals surface area contributed by atoms with E-state index in [2.05, 4.69) is 25.9 Å². The lowest BCUT2D eigenvalue weighted by Crippen LogP contribution is -1.96. The Labute approximate surface area is 116 Å². The second-order valence-corrected chi connectivity index (χ2v) is 6.18. The molecule has 4 nitrogen and oxygen atoms in total. The van der Waals surface area contributed by atoms with E-state index < -0.39 is 0 Å². The molecule has 0 atom stereocenters. The second-order valence-electron chi connectivity index (χ2n) is 3.86. The largest absolute Gasteiger partial charge is 0.441 e. The number of aromatic nitrogens is 2. The highest BCUT2D eigenvalue weighted by Gasteiger charge is 2.11. The third kappa shape index (κ3) is 1.96. The summed E-state index contributed by atoms with van der Waals surface area (Å²) >= 11 is 5.04. The van der Waals surface area contributed by atoms with Crippen LogP contribution in [0.2, 0.25) is 0 Å². The van der Waals surface area contributed by atoms with Crippen molar-refractivity contribution in [2.75, 3.05) is 0 Å². The monoisotopic (exact) mass is 323 g/mol. The molecule has 0 saturated heterocycles. The number of nitrogens with two attached hydrogens (primary N) is 1. The van der Waals surface area contributed by atoms with Crippen LogP contribution in [0.1, 0.15) is 11.6 Å². The molecule has 0 fully saturated rings. The van der Waals surface area contributed by atoms with Crippen molar-refractivity contribution in [2.45, 2.75) is 13.5 Å². The third-order valence-corrected chi connectivity index (χ3v) is 4.46. The molecule has 0 spiro atoms. The zero-order chi connectivity index (χ0) is 12.7. The molecule has 0 bridgehead atoms. The van der Waals surface area contributed by atoms with Gasteiger partial charge in [0.1, 0.15) is 10.5 Å². The summed E-state index contributed by atoms with van der Waals surface area (Å²) in [6, 6.07) is 5.90. The molecule has 3 aromatic rings. The lowest BCUT2D eigenvalue weighted by Gasteiger charge is -1.94. The topological polar surface area (TPSA) is 64.9 Å². The van der Waals surface area contributed by atoms with Crippen LogP contribution in [-0.2, 0) is 6.54 Å². The van der Waals surface area contributed by atoms with Gasteiger partial charge in [-0.15, -0.1) is 11.3 Å². The van der Waals surface area contributed by atoms with E-state index in [1.165, 1.54) is 0 Å². The number of hydrogen-bond acceptors (Lipinski definition) is 5. The summed E-state index contributed by atoms with van der Waals surface area (Å²) in [7, 11) is 0. The zero-order valence-electron chi connectivity index (χ0n) is 9.61. The fourth-order valence-electron chi connectivity index (χ4n) is 1.76. The predicted molar refractivity (Wildman–Crippen MR) is 75.4 cm³/mol. The maximum absolute atomic E-state index is 5.62. The molecule has 2 aromatic heterocycles. The molecule has 2 heterocycles. The summed E-state index contributed by atoms with van der Waals surface area (Å²) in [5.74, 6) is 0.671. The van der Waals surface area contributed by atoms with Gasteiger partial charge >= 0.3 is 0 Å². The summed E-state index contributed by atoms with van der Waals surface area (Å²) in [6.45, 7) is 2.27. The third-order valence-electron chi connectivity index (χ3n) is 2.59. The molecule has 1 aromatic carbocycles. The summed E-state index contributed by atoms with van der Waals surface area (Å²) in [4.78, 5) is 8.77. The van der Waals surface area contributed by atoms with Gasteiger partial charge in [0.05, 0.1) is 9.48 Å². The highest BCUT2D eigenvalue weighted by atomic mass is 79.9. The molecule has 2 N–H and O–H groups in total. The van der Waals surface area contributed by atoms with E-state index in [0.29, 0.717) is 12.4 Å². The predicted octanol–water partition coefficient (Wildman–Crippen LogP) is 3.48. The second kappa shape index (κ2) is 4.46. The zero-order valence-corrected chi connectivity index (χ0v) is 12.0. The van der Waals surface area contributed by atoms with Crippen LogP contribution in [0.25, 0.3) is 21.7 Å². The van der Waals surface area contributed by atoms with E-state index in [9.17, 15) is 0 Å². The molecule has 0 amide bonds. The summed E-state index contributed by atoms with van der Waals surface area (Å²) < 4.78 is 6.50. The van der Waals surface area contributed by atoms with Gasteiger partial charge in [-0.1, -0.05) is 0 Å². The van der Waals surface area contributed by atoms with Gasteiger partial charge in [0, 0.05) is 19.0 Å². The Hall–Kier alpha value is -1.24. The van der Waals surface area contributed by atoms with Gasteiger partial charge in [-0.05, 0) is 34.1 Å². The van der Waals surface area contributed by atoms with Gasteiger partial charge in [-0.2, -0.15) is 0 Å². The minimum atomic E-state index is 0.431. The van der Waals surface area contributed by atoms with Crippen LogP contribution in [0.15, 0.2) is 26.4 Å². The van der Waals surface area contributed by atoms with E-state index in [1.54, 1.807) is 11.3 Å². The number of nitrogens with zero attached hydrogens (tertiary/aromatic N) is 2. The average molecular weight is 324 g/mol. The molecular formula is C12H10BrN3OS. The first kappa shape index (κ1) is 11.8. The Morgan fingerprint density at radius 3 is 2.94 bits per heavy atom. The lowest BCUT2D eigenvalue weighted by atomic mass is 10.2. The van der Waals surface area contributed by atoms with E-state index >= 15 is 0 Å². The molecule has 3 rings (SSSR count). The van der Waals surface area contributed by atoms with Gasteiger partial charge < -0.3 is 10.2 Å². The Bertz CT molecular complexity index is 719. The first-order valence-corrected chi connectivity index (χ1v) is 7.01. The quantitative estimate of drug-likeness (QED) is 0.784. The van der Waals surface area contributed by atoms with Crippen LogP contribution in [-0.4, -0.2) is 9.97 Å². The molecule has 0 saturated carbocycles. The van der Waals surface area contributed by atoms with E-state index in [4.69, 9.17) is 10.2 Å². The Balaban J connectivity index is 2.12. The minimum absolute atomic E-state index is 0.431. The van der Waals surface area contributed by atoms with E-state index in [1.807, 2.05) is 25.1 Å². The fourth-order valence-corrected chi connectivity index (χ4v) is 3.28. The number of hydrogen-bond donors (Lipinski definition) is 1. The van der Waals surface area contributed by atoms with Gasteiger partial charge in [0.25, 0.3) is 0 Å². The molecule has 0 aliphatic rings. The normalized spacial score (nSPS) is 11.3. The van der Waals surface area contributed by atoms with E-state index in [0.717, 1.165) is 31.2 Å². The average Bonchev–Trinajstić information content (AvgIpc) is 2.89. The molecule has 18 heavy (non-hydrogen) atoms. The minimum Gasteiger partial charge on any atom is -0.441 e. The number of halogens is 1. The van der Waals surface area contributed by atoms with Gasteiger partial charge in [0.15, 0.2) is 11.5 Å². The van der Waals surface area contributed by atoms with E-state index in [-0.39, 0.29) is 0 Å². The molecule has 0 aliphatic heterocycles. The highest BCUT2D eigenvalue weighted by molar-refractivity contribution is 9.11. The molecule has 6 heteroatoms. The smallest absolute Gasteiger partial charge is 0.192 e. The summed E-state index contributed by atoms with van der Waals surface area (Å²) in [5.41, 5.74) is 9.17. The standard InChI is InChI=1S/C12H10BrN3OS/c1-6-15-8-3-2-7(4-10(8)17-6)12-16-9(5-14)11(13)18-12/h2-4H,5,14H2,1H3. The molecule has 0 radical (unpaired) electrons.